The van der Waals surface area contributed by atoms with Gasteiger partial charge in [-0.3, -0.25) is 0 Å². The van der Waals surface area contributed by atoms with E-state index in [0.29, 0.717) is 0 Å². The number of nitrogens with two attached hydrogens (primary N) is 1. The summed E-state index contributed by atoms with van der Waals surface area (Å²) in [5, 5.41) is 0. The normalized spacial score (nSPS) is 17.6. The number of nitrogens with zero attached hydrogens (tertiary/aromatic N) is 2. The first kappa shape index (κ1) is 13.4. The van der Waals surface area contributed by atoms with Gasteiger partial charge in [-0.2, -0.15) is 0 Å². The van der Waals surface area contributed by atoms with Gasteiger partial charge < -0.3 is 10.3 Å². The van der Waals surface area contributed by atoms with Crippen molar-refractivity contribution < 1.29 is 0 Å². The minimum Gasteiger partial charge on any atom is -0.338 e. The number of rotatable bonds is 3. The monoisotopic (exact) mass is 269 g/mol. The summed E-state index contributed by atoms with van der Waals surface area (Å²) < 4.78 is 2.05. The van der Waals surface area contributed by atoms with E-state index in [9.17, 15) is 0 Å². The van der Waals surface area contributed by atoms with Crippen LogP contribution in [0.1, 0.15) is 42.3 Å². The topological polar surface area (TPSA) is 43.8 Å². The van der Waals surface area contributed by atoms with Crippen LogP contribution in [0.5, 0.6) is 0 Å². The van der Waals surface area contributed by atoms with E-state index in [4.69, 9.17) is 5.73 Å². The van der Waals surface area contributed by atoms with Crippen LogP contribution in [0.3, 0.4) is 0 Å². The van der Waals surface area contributed by atoms with E-state index < -0.39 is 0 Å². The Balaban J connectivity index is 1.89. The third-order valence-corrected chi connectivity index (χ3v) is 4.45. The smallest absolute Gasteiger partial charge is 0.110 e. The van der Waals surface area contributed by atoms with Crippen molar-refractivity contribution in [2.45, 2.75) is 44.6 Å². The Bertz CT molecular complexity index is 610. The molecule has 1 aromatic heterocycles. The van der Waals surface area contributed by atoms with E-state index in [1.54, 1.807) is 0 Å². The molecule has 0 fully saturated rings. The van der Waals surface area contributed by atoms with Crippen LogP contribution in [0.2, 0.25) is 0 Å². The van der Waals surface area contributed by atoms with Crippen molar-refractivity contribution in [2.24, 2.45) is 12.8 Å². The Morgan fingerprint density at radius 3 is 2.70 bits per heavy atom. The fraction of sp³-hybridized carbons (Fsp3) is 0.471. The second kappa shape index (κ2) is 5.06. The third-order valence-electron chi connectivity index (χ3n) is 4.45. The van der Waals surface area contributed by atoms with Gasteiger partial charge in [-0.05, 0) is 49.3 Å². The molecule has 106 valence electrons. The molecule has 3 nitrogen and oxygen atoms in total. The maximum Gasteiger partial charge on any atom is 0.110 e. The van der Waals surface area contributed by atoms with Gasteiger partial charge in [0, 0.05) is 31.4 Å². The number of aryl methyl sites for hydroxylation is 3. The van der Waals surface area contributed by atoms with Gasteiger partial charge in [0.05, 0.1) is 0 Å². The molecule has 0 spiro atoms. The molecule has 1 aliphatic carbocycles. The number of fused-ring (bicyclic) bond motifs is 1. The highest BCUT2D eigenvalue weighted by Gasteiger charge is 2.25. The highest BCUT2D eigenvalue weighted by Crippen LogP contribution is 2.28. The highest BCUT2D eigenvalue weighted by atomic mass is 15.0. The summed E-state index contributed by atoms with van der Waals surface area (Å²) in [6.45, 7) is 2.10. The van der Waals surface area contributed by atoms with Gasteiger partial charge in [-0.15, -0.1) is 0 Å². The van der Waals surface area contributed by atoms with E-state index in [1.165, 1.54) is 42.4 Å². The van der Waals surface area contributed by atoms with Crippen molar-refractivity contribution in [1.29, 1.82) is 0 Å². The van der Waals surface area contributed by atoms with Crippen LogP contribution in [0, 0.1) is 0 Å². The lowest BCUT2D eigenvalue weighted by molar-refractivity contribution is 0.469. The first-order valence-corrected chi connectivity index (χ1v) is 7.44. The lowest BCUT2D eigenvalue weighted by atomic mass is 9.84. The van der Waals surface area contributed by atoms with Crippen molar-refractivity contribution in [1.82, 2.24) is 9.55 Å². The number of benzene rings is 1. The Morgan fingerprint density at radius 2 is 2.00 bits per heavy atom. The standard InChI is InChI=1S/C17H23N3/c1-17(18,12-16-19-9-10-20(16)2)15-8-7-13-5-3-4-6-14(13)11-15/h7-11H,3-6,12,18H2,1-2H3. The minimum atomic E-state index is -0.369. The highest BCUT2D eigenvalue weighted by molar-refractivity contribution is 5.37. The number of hydrogen-bond donors (Lipinski definition) is 1. The van der Waals surface area contributed by atoms with E-state index in [-0.39, 0.29) is 5.54 Å². The van der Waals surface area contributed by atoms with Gasteiger partial charge in [0.2, 0.25) is 0 Å². The van der Waals surface area contributed by atoms with Crippen LogP contribution in [0.15, 0.2) is 30.6 Å². The summed E-state index contributed by atoms with van der Waals surface area (Å²) >= 11 is 0. The van der Waals surface area contributed by atoms with Crippen LogP contribution in [-0.4, -0.2) is 9.55 Å². The van der Waals surface area contributed by atoms with Crippen molar-refractivity contribution >= 4 is 0 Å². The molecule has 0 saturated carbocycles. The van der Waals surface area contributed by atoms with Gasteiger partial charge in [-0.1, -0.05) is 18.2 Å². The van der Waals surface area contributed by atoms with Gasteiger partial charge >= 0.3 is 0 Å². The van der Waals surface area contributed by atoms with Crippen molar-refractivity contribution in [3.63, 3.8) is 0 Å². The summed E-state index contributed by atoms with van der Waals surface area (Å²) in [7, 11) is 2.02. The van der Waals surface area contributed by atoms with Crippen molar-refractivity contribution in [3.8, 4) is 0 Å². The molecular formula is C17H23N3. The van der Waals surface area contributed by atoms with Gasteiger partial charge in [-0.25, -0.2) is 4.98 Å². The maximum absolute atomic E-state index is 6.58. The van der Waals surface area contributed by atoms with Crippen LogP contribution in [0.25, 0.3) is 0 Å². The molecule has 3 rings (SSSR count). The molecule has 3 heteroatoms. The molecule has 1 aromatic carbocycles. The fourth-order valence-corrected chi connectivity index (χ4v) is 3.09. The second-order valence-corrected chi connectivity index (χ2v) is 6.24. The van der Waals surface area contributed by atoms with Crippen LogP contribution in [0.4, 0.5) is 0 Å². The average molecular weight is 269 g/mol. The van der Waals surface area contributed by atoms with Crippen LogP contribution in [-0.2, 0) is 31.8 Å². The molecule has 2 aromatic rings. The second-order valence-electron chi connectivity index (χ2n) is 6.24. The molecule has 1 unspecified atom stereocenters. The Kier molecular flexibility index (Phi) is 3.38. The largest absolute Gasteiger partial charge is 0.338 e. The Morgan fingerprint density at radius 1 is 1.25 bits per heavy atom. The molecule has 20 heavy (non-hydrogen) atoms. The zero-order chi connectivity index (χ0) is 14.2. The molecule has 0 radical (unpaired) electrons. The molecule has 2 N–H and O–H groups in total. The lowest BCUT2D eigenvalue weighted by Gasteiger charge is -2.27. The average Bonchev–Trinajstić information content (AvgIpc) is 2.83. The summed E-state index contributed by atoms with van der Waals surface area (Å²) in [4.78, 5) is 4.40. The summed E-state index contributed by atoms with van der Waals surface area (Å²) in [5.74, 6) is 1.03. The molecule has 0 amide bonds. The predicted octanol–water partition coefficient (Wildman–Crippen LogP) is 2.72. The van der Waals surface area contributed by atoms with Gasteiger partial charge in [0.1, 0.15) is 5.82 Å². The zero-order valence-electron chi connectivity index (χ0n) is 12.4. The van der Waals surface area contributed by atoms with E-state index >= 15 is 0 Å². The first-order chi connectivity index (χ1) is 9.56. The maximum atomic E-state index is 6.58. The van der Waals surface area contributed by atoms with E-state index in [2.05, 4.69) is 30.1 Å². The summed E-state index contributed by atoms with van der Waals surface area (Å²) in [5.41, 5.74) is 10.4. The van der Waals surface area contributed by atoms with Gasteiger partial charge in [0.25, 0.3) is 0 Å². The molecule has 0 bridgehead atoms. The summed E-state index contributed by atoms with van der Waals surface area (Å²) in [6.07, 6.45) is 9.60. The SMILES string of the molecule is Cn1ccnc1CC(C)(N)c1ccc2c(c1)CCCC2. The molecule has 1 heterocycles. The quantitative estimate of drug-likeness (QED) is 0.931. The van der Waals surface area contributed by atoms with Crippen molar-refractivity contribution in [3.05, 3.63) is 53.1 Å². The molecule has 1 atom stereocenters. The molecular weight excluding hydrogens is 246 g/mol. The Hall–Kier alpha value is -1.61. The lowest BCUT2D eigenvalue weighted by Crippen LogP contribution is -2.36. The predicted molar refractivity (Wildman–Crippen MR) is 81.5 cm³/mol. The summed E-state index contributed by atoms with van der Waals surface area (Å²) in [6, 6.07) is 6.79. The zero-order valence-corrected chi connectivity index (χ0v) is 12.4. The van der Waals surface area contributed by atoms with Crippen LogP contribution >= 0.6 is 0 Å². The first-order valence-electron chi connectivity index (χ1n) is 7.44. The van der Waals surface area contributed by atoms with Crippen LogP contribution < -0.4 is 5.73 Å². The number of aromatic nitrogens is 2. The van der Waals surface area contributed by atoms with E-state index in [0.717, 1.165) is 12.2 Å². The minimum absolute atomic E-state index is 0.369. The molecule has 1 aliphatic rings. The number of hydrogen-bond acceptors (Lipinski definition) is 2. The van der Waals surface area contributed by atoms with Crippen molar-refractivity contribution in [2.75, 3.05) is 0 Å². The fourth-order valence-electron chi connectivity index (χ4n) is 3.09. The molecule has 0 aliphatic heterocycles. The van der Waals surface area contributed by atoms with E-state index in [1.807, 2.05) is 24.0 Å². The Labute approximate surface area is 120 Å². The molecule has 0 saturated heterocycles. The third kappa shape index (κ3) is 2.50. The van der Waals surface area contributed by atoms with Gasteiger partial charge in [0.15, 0.2) is 0 Å². The number of imidazole rings is 1.